The Balaban J connectivity index is 1.77. The summed E-state index contributed by atoms with van der Waals surface area (Å²) in [6.07, 6.45) is 0. The number of benzene rings is 1. The number of aliphatic imine (C=N–C) groups is 1. The Kier molecular flexibility index (Phi) is 5.39. The van der Waals surface area contributed by atoms with Gasteiger partial charge in [-0.25, -0.2) is 12.8 Å². The van der Waals surface area contributed by atoms with E-state index in [0.29, 0.717) is 17.4 Å². The molecule has 0 radical (unpaired) electrons. The lowest BCUT2D eigenvalue weighted by atomic mass is 9.92. The predicted molar refractivity (Wildman–Crippen MR) is 106 cm³/mol. The Hall–Kier alpha value is -2.53. The van der Waals surface area contributed by atoms with Gasteiger partial charge in [0.1, 0.15) is 35.3 Å². The molecule has 3 N–H and O–H groups in total. The molecule has 0 unspecified atom stereocenters. The molecule has 1 aliphatic heterocycles. The number of halogens is 1. The van der Waals surface area contributed by atoms with Gasteiger partial charge in [-0.15, -0.1) is 0 Å². The second-order valence-corrected chi connectivity index (χ2v) is 10.2. The van der Waals surface area contributed by atoms with E-state index in [4.69, 9.17) is 15.0 Å². The molecule has 2 heterocycles. The molecule has 1 aromatic carbocycles. The Morgan fingerprint density at radius 3 is 2.69 bits per heavy atom. The highest BCUT2D eigenvalue weighted by atomic mass is 32.2. The molecule has 0 aliphatic carbocycles. The van der Waals surface area contributed by atoms with E-state index in [1.807, 2.05) is 0 Å². The summed E-state index contributed by atoms with van der Waals surface area (Å²) in [6, 6.07) is 4.30. The third kappa shape index (κ3) is 4.10. The first kappa shape index (κ1) is 21.2. The standard InChI is InChI=1S/C18H24FN5O4S/c1-11-22-15(24-28-11)8-27-10-21-12-5-6-14(19)13(7-12)18(4)9-29(25,26)17(2,3)16(20)23-18/h5-7,21H,8-10H2,1-4H3,(H2,20,23)/t18-/m0/s1. The zero-order chi connectivity index (χ0) is 21.4. The van der Waals surface area contributed by atoms with Crippen LogP contribution in [0, 0.1) is 12.7 Å². The van der Waals surface area contributed by atoms with E-state index >= 15 is 0 Å². The van der Waals surface area contributed by atoms with E-state index in [9.17, 15) is 12.8 Å². The Labute approximate surface area is 168 Å². The van der Waals surface area contributed by atoms with Gasteiger partial charge in [0, 0.05) is 18.2 Å². The Morgan fingerprint density at radius 2 is 2.07 bits per heavy atom. The predicted octanol–water partition coefficient (Wildman–Crippen LogP) is 1.88. The SMILES string of the molecule is Cc1nc(COCNc2ccc(F)c([C@]3(C)CS(=O)(=O)C(C)(C)C(N)=N3)c2)no1. The zero-order valence-electron chi connectivity index (χ0n) is 16.7. The molecule has 29 heavy (non-hydrogen) atoms. The third-order valence-electron chi connectivity index (χ3n) is 4.96. The summed E-state index contributed by atoms with van der Waals surface area (Å²) in [7, 11) is -3.64. The number of nitrogens with one attached hydrogen (secondary N) is 1. The van der Waals surface area contributed by atoms with Crippen molar-refractivity contribution in [2.24, 2.45) is 10.7 Å². The first-order chi connectivity index (χ1) is 13.4. The lowest BCUT2D eigenvalue weighted by Crippen LogP contribution is -2.54. The number of aromatic nitrogens is 2. The van der Waals surface area contributed by atoms with Gasteiger partial charge in [-0.2, -0.15) is 4.98 Å². The fraction of sp³-hybridized carbons (Fsp3) is 0.500. The molecule has 1 atom stereocenters. The average Bonchev–Trinajstić information content (AvgIpc) is 3.03. The maximum atomic E-state index is 14.6. The highest BCUT2D eigenvalue weighted by molar-refractivity contribution is 7.93. The van der Waals surface area contributed by atoms with Crippen molar-refractivity contribution < 1.29 is 22.1 Å². The molecule has 1 aliphatic rings. The van der Waals surface area contributed by atoms with Crippen LogP contribution in [0.3, 0.4) is 0 Å². The summed E-state index contributed by atoms with van der Waals surface area (Å²) >= 11 is 0. The van der Waals surface area contributed by atoms with Crippen molar-refractivity contribution in [1.29, 1.82) is 0 Å². The van der Waals surface area contributed by atoms with E-state index in [0.717, 1.165) is 0 Å². The molecule has 158 valence electrons. The summed E-state index contributed by atoms with van der Waals surface area (Å²) in [5, 5.41) is 6.71. The Morgan fingerprint density at radius 1 is 1.34 bits per heavy atom. The second kappa shape index (κ2) is 7.38. The van der Waals surface area contributed by atoms with Gasteiger partial charge in [-0.05, 0) is 39.0 Å². The molecule has 0 bridgehead atoms. The lowest BCUT2D eigenvalue weighted by Gasteiger charge is -2.38. The number of hydrogen-bond acceptors (Lipinski definition) is 9. The fourth-order valence-electron chi connectivity index (χ4n) is 3.01. The van der Waals surface area contributed by atoms with Crippen molar-refractivity contribution in [2.75, 3.05) is 17.8 Å². The summed E-state index contributed by atoms with van der Waals surface area (Å²) in [4.78, 5) is 8.38. The molecular weight excluding hydrogens is 401 g/mol. The maximum absolute atomic E-state index is 14.6. The van der Waals surface area contributed by atoms with E-state index in [2.05, 4.69) is 20.4 Å². The molecule has 3 rings (SSSR count). The molecule has 0 saturated carbocycles. The quantitative estimate of drug-likeness (QED) is 0.529. The third-order valence-corrected chi connectivity index (χ3v) is 7.66. The van der Waals surface area contributed by atoms with Crippen molar-refractivity contribution in [2.45, 2.75) is 44.6 Å². The topological polar surface area (TPSA) is 133 Å². The molecule has 2 aromatic rings. The Bertz CT molecular complexity index is 1050. The van der Waals surface area contributed by atoms with Gasteiger partial charge in [-0.1, -0.05) is 5.16 Å². The van der Waals surface area contributed by atoms with Crippen LogP contribution in [0.2, 0.25) is 0 Å². The average molecular weight is 425 g/mol. The van der Waals surface area contributed by atoms with Gasteiger partial charge in [0.15, 0.2) is 15.7 Å². The molecule has 0 saturated heterocycles. The number of nitrogens with zero attached hydrogens (tertiary/aromatic N) is 3. The van der Waals surface area contributed by atoms with Gasteiger partial charge >= 0.3 is 0 Å². The number of rotatable bonds is 6. The van der Waals surface area contributed by atoms with Gasteiger partial charge < -0.3 is 20.3 Å². The lowest BCUT2D eigenvalue weighted by molar-refractivity contribution is 0.130. The van der Waals surface area contributed by atoms with E-state index in [-0.39, 0.29) is 30.5 Å². The van der Waals surface area contributed by atoms with Crippen LogP contribution < -0.4 is 11.1 Å². The minimum Gasteiger partial charge on any atom is -0.386 e. The van der Waals surface area contributed by atoms with Crippen LogP contribution >= 0.6 is 0 Å². The minimum absolute atomic E-state index is 0.0391. The molecule has 1 aromatic heterocycles. The molecule has 0 amide bonds. The smallest absolute Gasteiger partial charge is 0.223 e. The number of amidine groups is 1. The van der Waals surface area contributed by atoms with E-state index < -0.39 is 25.9 Å². The van der Waals surface area contributed by atoms with Crippen molar-refractivity contribution >= 4 is 21.4 Å². The van der Waals surface area contributed by atoms with Crippen LogP contribution in [0.15, 0.2) is 27.7 Å². The number of anilines is 1. The molecule has 0 spiro atoms. The molecule has 0 fully saturated rings. The zero-order valence-corrected chi connectivity index (χ0v) is 17.5. The number of ether oxygens (including phenoxy) is 1. The van der Waals surface area contributed by atoms with Crippen molar-refractivity contribution in [3.05, 3.63) is 41.3 Å². The first-order valence-electron chi connectivity index (χ1n) is 8.93. The summed E-state index contributed by atoms with van der Waals surface area (Å²) in [5.74, 6) is -0.0906. The van der Waals surface area contributed by atoms with Crippen LogP contribution in [0.5, 0.6) is 0 Å². The number of hydrogen-bond donors (Lipinski definition) is 2. The van der Waals surface area contributed by atoms with Crippen molar-refractivity contribution in [3.8, 4) is 0 Å². The van der Waals surface area contributed by atoms with Crippen LogP contribution in [0.4, 0.5) is 10.1 Å². The van der Waals surface area contributed by atoms with E-state index in [1.165, 1.54) is 32.0 Å². The normalized spacial score (nSPS) is 22.9. The minimum atomic E-state index is -3.64. The fourth-order valence-corrected chi connectivity index (χ4v) is 4.69. The number of aryl methyl sites for hydroxylation is 1. The number of sulfone groups is 1. The van der Waals surface area contributed by atoms with Crippen LogP contribution in [0.1, 0.15) is 38.0 Å². The molecular formula is C18H24FN5O4S. The highest BCUT2D eigenvalue weighted by Gasteiger charge is 2.49. The highest BCUT2D eigenvalue weighted by Crippen LogP contribution is 2.38. The summed E-state index contributed by atoms with van der Waals surface area (Å²) in [5.41, 5.74) is 5.29. The maximum Gasteiger partial charge on any atom is 0.223 e. The van der Waals surface area contributed by atoms with Crippen molar-refractivity contribution in [1.82, 2.24) is 10.1 Å². The van der Waals surface area contributed by atoms with Gasteiger partial charge in [-0.3, -0.25) is 4.99 Å². The van der Waals surface area contributed by atoms with Crippen LogP contribution in [-0.4, -0.2) is 41.6 Å². The monoisotopic (exact) mass is 425 g/mol. The first-order valence-corrected chi connectivity index (χ1v) is 10.6. The van der Waals surface area contributed by atoms with Crippen LogP contribution in [0.25, 0.3) is 0 Å². The van der Waals surface area contributed by atoms with Crippen molar-refractivity contribution in [3.63, 3.8) is 0 Å². The second-order valence-electron chi connectivity index (χ2n) is 7.63. The molecule has 11 heteroatoms. The summed E-state index contributed by atoms with van der Waals surface area (Å²) in [6.45, 7) is 6.48. The van der Waals surface area contributed by atoms with Gasteiger partial charge in [0.05, 0.1) is 5.75 Å². The number of nitrogens with two attached hydrogens (primary N) is 1. The van der Waals surface area contributed by atoms with E-state index in [1.54, 1.807) is 13.8 Å². The largest absolute Gasteiger partial charge is 0.386 e. The molecule has 9 nitrogen and oxygen atoms in total. The summed E-state index contributed by atoms with van der Waals surface area (Å²) < 4.78 is 49.0. The van der Waals surface area contributed by atoms with Gasteiger partial charge in [0.2, 0.25) is 5.89 Å². The van der Waals surface area contributed by atoms with Gasteiger partial charge in [0.25, 0.3) is 0 Å². The van der Waals surface area contributed by atoms with Crippen LogP contribution in [-0.2, 0) is 26.7 Å².